The SMILES string of the molecule is C=C(CCc1ccccc1)NC(CC(C)C)C(=C)N[C@@H](CC(C)C)C(=C)NC(C)Cc1cc(C)cc(C)c1. The van der Waals surface area contributed by atoms with Crippen molar-refractivity contribution < 1.29 is 0 Å². The molecule has 0 aromatic heterocycles. The lowest BCUT2D eigenvalue weighted by molar-refractivity contribution is 0.414. The van der Waals surface area contributed by atoms with E-state index < -0.39 is 0 Å². The summed E-state index contributed by atoms with van der Waals surface area (Å²) in [5.41, 5.74) is 8.43. The maximum Gasteiger partial charge on any atom is 0.0653 e. The van der Waals surface area contributed by atoms with Gasteiger partial charge in [-0.1, -0.05) is 107 Å². The van der Waals surface area contributed by atoms with Gasteiger partial charge in [0.15, 0.2) is 0 Å². The van der Waals surface area contributed by atoms with Gasteiger partial charge in [-0.2, -0.15) is 0 Å². The molecule has 2 aromatic rings. The van der Waals surface area contributed by atoms with E-state index >= 15 is 0 Å². The maximum absolute atomic E-state index is 4.49. The van der Waals surface area contributed by atoms with Crippen molar-refractivity contribution >= 4 is 0 Å². The molecule has 208 valence electrons. The molecule has 0 fully saturated rings. The van der Waals surface area contributed by atoms with Gasteiger partial charge in [-0.05, 0) is 75.8 Å². The Balaban J connectivity index is 2.02. The first-order chi connectivity index (χ1) is 17.9. The van der Waals surface area contributed by atoms with Crippen LogP contribution in [0.1, 0.15) is 76.1 Å². The van der Waals surface area contributed by atoms with Crippen LogP contribution in [0.4, 0.5) is 0 Å². The zero-order valence-electron chi connectivity index (χ0n) is 25.2. The Morgan fingerprint density at radius 1 is 0.684 bits per heavy atom. The van der Waals surface area contributed by atoms with Crippen molar-refractivity contribution in [2.45, 2.75) is 98.7 Å². The van der Waals surface area contributed by atoms with Crippen LogP contribution in [0.5, 0.6) is 0 Å². The summed E-state index contributed by atoms with van der Waals surface area (Å²) in [5, 5.41) is 11.2. The first-order valence-corrected chi connectivity index (χ1v) is 14.4. The topological polar surface area (TPSA) is 36.1 Å². The highest BCUT2D eigenvalue weighted by Gasteiger charge is 2.22. The minimum absolute atomic E-state index is 0.109. The lowest BCUT2D eigenvalue weighted by atomic mass is 9.97. The Hall–Kier alpha value is -2.94. The third-order valence-electron chi connectivity index (χ3n) is 6.81. The van der Waals surface area contributed by atoms with Gasteiger partial charge in [0.25, 0.3) is 0 Å². The standard InChI is InChI=1S/C35H53N3/c1-24(2)18-34(37-28(7)16-17-32-14-12-11-13-15-32)31(10)38-35(19-25(3)4)30(9)36-29(8)23-33-21-26(5)20-27(6)22-33/h11-15,20-22,24-25,29,34-38H,7,9-10,16-19,23H2,1-6,8H3/t29?,34?,35-/m0/s1. The van der Waals surface area contributed by atoms with Gasteiger partial charge in [0.2, 0.25) is 0 Å². The largest absolute Gasteiger partial charge is 0.384 e. The van der Waals surface area contributed by atoms with Gasteiger partial charge in [0, 0.05) is 23.1 Å². The van der Waals surface area contributed by atoms with Crippen LogP contribution in [0.2, 0.25) is 0 Å². The maximum atomic E-state index is 4.49. The van der Waals surface area contributed by atoms with Gasteiger partial charge in [0.1, 0.15) is 0 Å². The summed E-state index contributed by atoms with van der Waals surface area (Å²) in [6, 6.07) is 17.9. The molecule has 2 rings (SSSR count). The zero-order chi connectivity index (χ0) is 28.2. The third kappa shape index (κ3) is 11.6. The number of allylic oxidation sites excluding steroid dienone is 1. The van der Waals surface area contributed by atoms with E-state index in [0.717, 1.165) is 49.2 Å². The third-order valence-corrected chi connectivity index (χ3v) is 6.81. The van der Waals surface area contributed by atoms with E-state index in [9.17, 15) is 0 Å². The Morgan fingerprint density at radius 3 is 1.76 bits per heavy atom. The highest BCUT2D eigenvalue weighted by molar-refractivity contribution is 5.29. The molecule has 2 aromatic carbocycles. The molecule has 2 unspecified atom stereocenters. The fourth-order valence-corrected chi connectivity index (χ4v) is 5.11. The highest BCUT2D eigenvalue weighted by atomic mass is 15.1. The second-order valence-corrected chi connectivity index (χ2v) is 12.0. The van der Waals surface area contributed by atoms with Crippen LogP contribution in [-0.4, -0.2) is 18.1 Å². The molecule has 0 saturated carbocycles. The molecule has 3 heteroatoms. The fourth-order valence-electron chi connectivity index (χ4n) is 5.11. The summed E-state index contributed by atoms with van der Waals surface area (Å²) in [6.07, 6.45) is 4.84. The van der Waals surface area contributed by atoms with E-state index in [1.54, 1.807) is 0 Å². The number of aryl methyl sites for hydroxylation is 3. The van der Waals surface area contributed by atoms with Crippen LogP contribution in [0.25, 0.3) is 0 Å². The average molecular weight is 516 g/mol. The summed E-state index contributed by atoms with van der Waals surface area (Å²) < 4.78 is 0. The quantitative estimate of drug-likeness (QED) is 0.200. The van der Waals surface area contributed by atoms with Crippen molar-refractivity contribution in [1.29, 1.82) is 0 Å². The van der Waals surface area contributed by atoms with E-state index in [1.165, 1.54) is 22.3 Å². The molecule has 0 bridgehead atoms. The van der Waals surface area contributed by atoms with Gasteiger partial charge < -0.3 is 16.0 Å². The molecular formula is C35H53N3. The molecule has 0 saturated heterocycles. The zero-order valence-corrected chi connectivity index (χ0v) is 25.2. The van der Waals surface area contributed by atoms with Crippen LogP contribution in [0.15, 0.2) is 85.4 Å². The Bertz CT molecular complexity index is 1010. The van der Waals surface area contributed by atoms with Crippen LogP contribution in [0.3, 0.4) is 0 Å². The first-order valence-electron chi connectivity index (χ1n) is 14.4. The normalized spacial score (nSPS) is 13.6. The number of rotatable bonds is 17. The smallest absolute Gasteiger partial charge is 0.0653 e. The van der Waals surface area contributed by atoms with Gasteiger partial charge in [0.05, 0.1) is 12.1 Å². The van der Waals surface area contributed by atoms with Gasteiger partial charge in [-0.25, -0.2) is 0 Å². The minimum atomic E-state index is 0.109. The van der Waals surface area contributed by atoms with Crippen molar-refractivity contribution in [2.24, 2.45) is 11.8 Å². The number of benzene rings is 2. The lowest BCUT2D eigenvalue weighted by Gasteiger charge is -2.32. The van der Waals surface area contributed by atoms with E-state index in [-0.39, 0.29) is 18.1 Å². The van der Waals surface area contributed by atoms with Crippen LogP contribution < -0.4 is 16.0 Å². The van der Waals surface area contributed by atoms with E-state index in [0.29, 0.717) is 11.8 Å². The molecule has 0 radical (unpaired) electrons. The lowest BCUT2D eigenvalue weighted by Crippen LogP contribution is -2.45. The van der Waals surface area contributed by atoms with Gasteiger partial charge in [-0.15, -0.1) is 0 Å². The molecule has 3 N–H and O–H groups in total. The fraction of sp³-hybridized carbons (Fsp3) is 0.486. The Kier molecular flexibility index (Phi) is 12.7. The van der Waals surface area contributed by atoms with Crippen LogP contribution in [0, 0.1) is 25.7 Å². The molecular weight excluding hydrogens is 462 g/mol. The summed E-state index contributed by atoms with van der Waals surface area (Å²) >= 11 is 0. The molecule has 38 heavy (non-hydrogen) atoms. The molecule has 0 spiro atoms. The summed E-state index contributed by atoms with van der Waals surface area (Å²) in [6.45, 7) is 28.9. The molecule has 0 aliphatic carbocycles. The van der Waals surface area contributed by atoms with Crippen molar-refractivity contribution in [3.05, 3.63) is 108 Å². The second kappa shape index (κ2) is 15.5. The Labute approximate surface area is 233 Å². The van der Waals surface area contributed by atoms with Crippen LogP contribution >= 0.6 is 0 Å². The van der Waals surface area contributed by atoms with Crippen molar-refractivity contribution in [1.82, 2.24) is 16.0 Å². The van der Waals surface area contributed by atoms with Crippen molar-refractivity contribution in [3.63, 3.8) is 0 Å². The summed E-state index contributed by atoms with van der Waals surface area (Å²) in [5.74, 6) is 1.07. The molecule has 0 amide bonds. The highest BCUT2D eigenvalue weighted by Crippen LogP contribution is 2.19. The second-order valence-electron chi connectivity index (χ2n) is 12.0. The Morgan fingerprint density at radius 2 is 1.21 bits per heavy atom. The molecule has 3 nitrogen and oxygen atoms in total. The summed E-state index contributed by atoms with van der Waals surface area (Å²) in [7, 11) is 0. The summed E-state index contributed by atoms with van der Waals surface area (Å²) in [4.78, 5) is 0. The van der Waals surface area contributed by atoms with Crippen molar-refractivity contribution in [3.8, 4) is 0 Å². The van der Waals surface area contributed by atoms with Crippen molar-refractivity contribution in [2.75, 3.05) is 0 Å². The van der Waals surface area contributed by atoms with Crippen LogP contribution in [-0.2, 0) is 12.8 Å². The molecule has 0 heterocycles. The number of hydrogen-bond donors (Lipinski definition) is 3. The predicted octanol–water partition coefficient (Wildman–Crippen LogP) is 8.01. The van der Waals surface area contributed by atoms with Gasteiger partial charge >= 0.3 is 0 Å². The number of nitrogens with one attached hydrogen (secondary N) is 3. The van der Waals surface area contributed by atoms with Gasteiger partial charge in [-0.3, -0.25) is 0 Å². The predicted molar refractivity (Wildman–Crippen MR) is 167 cm³/mol. The number of hydrogen-bond acceptors (Lipinski definition) is 3. The van der Waals surface area contributed by atoms with E-state index in [1.807, 2.05) is 0 Å². The molecule has 3 atom stereocenters. The molecule has 0 aliphatic rings. The van der Waals surface area contributed by atoms with E-state index in [2.05, 4.69) is 133 Å². The molecule has 0 aliphatic heterocycles. The average Bonchev–Trinajstić information content (AvgIpc) is 2.81. The minimum Gasteiger partial charge on any atom is -0.384 e. The van der Waals surface area contributed by atoms with E-state index in [4.69, 9.17) is 0 Å². The first kappa shape index (κ1) is 31.3. The monoisotopic (exact) mass is 515 g/mol.